The predicted molar refractivity (Wildman–Crippen MR) is 122 cm³/mol. The molecule has 0 amide bonds. The zero-order valence-electron chi connectivity index (χ0n) is 17.5. The molecule has 0 aliphatic heterocycles. The van der Waals surface area contributed by atoms with E-state index in [1.165, 1.54) is 13.2 Å². The SMILES string of the molecule is CNc1ccc(NC(CN)c2cc(OC)c(OCc3ccccc3)cc2[N+](=O)[O-])cc1. The van der Waals surface area contributed by atoms with Gasteiger partial charge in [0.25, 0.3) is 5.69 Å². The summed E-state index contributed by atoms with van der Waals surface area (Å²) in [5.41, 5.74) is 9.02. The van der Waals surface area contributed by atoms with Gasteiger partial charge in [-0.1, -0.05) is 30.3 Å². The number of nitro groups is 1. The number of benzene rings is 3. The molecule has 0 saturated heterocycles. The third-order valence-electron chi connectivity index (χ3n) is 4.87. The number of ether oxygens (including phenoxy) is 2. The number of hydrogen-bond acceptors (Lipinski definition) is 7. The first-order valence-corrected chi connectivity index (χ1v) is 9.83. The standard InChI is InChI=1S/C23H26N4O4/c1-25-17-8-10-18(11-9-17)26-20(14-24)19-12-22(30-2)23(13-21(19)27(28)29)31-15-16-6-4-3-5-7-16/h3-13,20,25-26H,14-15,24H2,1-2H3. The molecule has 3 aromatic rings. The van der Waals surface area contributed by atoms with E-state index in [1.807, 2.05) is 61.6 Å². The maximum Gasteiger partial charge on any atom is 0.278 e. The molecule has 0 radical (unpaired) electrons. The van der Waals surface area contributed by atoms with Crippen molar-refractivity contribution in [1.82, 2.24) is 0 Å². The molecule has 162 valence electrons. The first-order valence-electron chi connectivity index (χ1n) is 9.83. The van der Waals surface area contributed by atoms with Crippen molar-refractivity contribution in [2.24, 2.45) is 5.73 Å². The largest absolute Gasteiger partial charge is 0.493 e. The van der Waals surface area contributed by atoms with Gasteiger partial charge in [-0.3, -0.25) is 10.1 Å². The van der Waals surface area contributed by atoms with E-state index in [1.54, 1.807) is 6.07 Å². The fraction of sp³-hybridized carbons (Fsp3) is 0.217. The lowest BCUT2D eigenvalue weighted by Gasteiger charge is -2.21. The third kappa shape index (κ3) is 5.43. The molecule has 0 fully saturated rings. The molecule has 3 rings (SSSR count). The molecule has 0 aromatic heterocycles. The van der Waals surface area contributed by atoms with Crippen LogP contribution in [0, 0.1) is 10.1 Å². The summed E-state index contributed by atoms with van der Waals surface area (Å²) in [5.74, 6) is 0.707. The third-order valence-corrected chi connectivity index (χ3v) is 4.87. The Morgan fingerprint density at radius 1 is 1.03 bits per heavy atom. The topological polar surface area (TPSA) is 112 Å². The first-order chi connectivity index (χ1) is 15.0. The van der Waals surface area contributed by atoms with Crippen LogP contribution in [0.4, 0.5) is 17.1 Å². The van der Waals surface area contributed by atoms with Crippen molar-refractivity contribution in [2.75, 3.05) is 31.3 Å². The van der Waals surface area contributed by atoms with Crippen LogP contribution in [0.2, 0.25) is 0 Å². The van der Waals surface area contributed by atoms with Crippen molar-refractivity contribution in [3.8, 4) is 11.5 Å². The molecular formula is C23H26N4O4. The Bertz CT molecular complexity index is 1010. The van der Waals surface area contributed by atoms with E-state index >= 15 is 0 Å². The van der Waals surface area contributed by atoms with E-state index in [0.717, 1.165) is 16.9 Å². The Balaban J connectivity index is 1.90. The zero-order chi connectivity index (χ0) is 22.2. The van der Waals surface area contributed by atoms with Gasteiger partial charge in [-0.2, -0.15) is 0 Å². The van der Waals surface area contributed by atoms with Gasteiger partial charge in [0.1, 0.15) is 6.61 Å². The summed E-state index contributed by atoms with van der Waals surface area (Å²) in [6.45, 7) is 0.423. The van der Waals surface area contributed by atoms with Gasteiger partial charge >= 0.3 is 0 Å². The van der Waals surface area contributed by atoms with Gasteiger partial charge in [0.2, 0.25) is 0 Å². The number of hydrogen-bond donors (Lipinski definition) is 3. The Morgan fingerprint density at radius 3 is 2.29 bits per heavy atom. The second-order valence-corrected chi connectivity index (χ2v) is 6.85. The smallest absolute Gasteiger partial charge is 0.278 e. The van der Waals surface area contributed by atoms with Crippen LogP contribution in [0.3, 0.4) is 0 Å². The number of nitrogens with one attached hydrogen (secondary N) is 2. The van der Waals surface area contributed by atoms with Gasteiger partial charge in [-0.25, -0.2) is 0 Å². The molecule has 8 heteroatoms. The number of nitro benzene ring substituents is 1. The minimum atomic E-state index is -0.488. The minimum Gasteiger partial charge on any atom is -0.493 e. The molecule has 8 nitrogen and oxygen atoms in total. The minimum absolute atomic E-state index is 0.0846. The lowest BCUT2D eigenvalue weighted by atomic mass is 10.0. The van der Waals surface area contributed by atoms with Crippen LogP contribution in [0.1, 0.15) is 17.2 Å². The van der Waals surface area contributed by atoms with Crippen LogP contribution < -0.4 is 25.8 Å². The molecule has 1 atom stereocenters. The number of anilines is 2. The number of nitrogens with two attached hydrogens (primary N) is 1. The van der Waals surface area contributed by atoms with Crippen molar-refractivity contribution in [2.45, 2.75) is 12.6 Å². The molecule has 31 heavy (non-hydrogen) atoms. The Morgan fingerprint density at radius 2 is 1.71 bits per heavy atom. The molecule has 0 heterocycles. The van der Waals surface area contributed by atoms with Crippen molar-refractivity contribution in [3.05, 3.63) is 88.0 Å². The summed E-state index contributed by atoms with van der Waals surface area (Å²) < 4.78 is 11.3. The highest BCUT2D eigenvalue weighted by Crippen LogP contribution is 2.38. The second-order valence-electron chi connectivity index (χ2n) is 6.85. The second kappa shape index (κ2) is 10.3. The number of methoxy groups -OCH3 is 1. The fourth-order valence-electron chi connectivity index (χ4n) is 3.21. The van der Waals surface area contributed by atoms with E-state index in [0.29, 0.717) is 17.1 Å². The Hall–Kier alpha value is -3.78. The van der Waals surface area contributed by atoms with E-state index in [2.05, 4.69) is 10.6 Å². The molecule has 4 N–H and O–H groups in total. The number of rotatable bonds is 10. The van der Waals surface area contributed by atoms with E-state index in [4.69, 9.17) is 15.2 Å². The van der Waals surface area contributed by atoms with Crippen LogP contribution in [0.25, 0.3) is 0 Å². The quantitative estimate of drug-likeness (QED) is 0.329. The average molecular weight is 422 g/mol. The highest BCUT2D eigenvalue weighted by Gasteiger charge is 2.25. The molecule has 0 bridgehead atoms. The summed E-state index contributed by atoms with van der Waals surface area (Å²) in [4.78, 5) is 11.4. The lowest BCUT2D eigenvalue weighted by Crippen LogP contribution is -2.22. The monoisotopic (exact) mass is 422 g/mol. The van der Waals surface area contributed by atoms with Crippen LogP contribution in [-0.2, 0) is 6.61 Å². The molecule has 0 aliphatic carbocycles. The fourth-order valence-corrected chi connectivity index (χ4v) is 3.21. The summed E-state index contributed by atoms with van der Waals surface area (Å²) in [6.07, 6.45) is 0. The normalized spacial score (nSPS) is 11.5. The van der Waals surface area contributed by atoms with E-state index in [-0.39, 0.29) is 18.8 Å². The summed E-state index contributed by atoms with van der Waals surface area (Å²) >= 11 is 0. The first kappa shape index (κ1) is 21.9. The summed E-state index contributed by atoms with van der Waals surface area (Å²) in [7, 11) is 3.34. The van der Waals surface area contributed by atoms with Crippen molar-refractivity contribution in [3.63, 3.8) is 0 Å². The molecule has 3 aromatic carbocycles. The van der Waals surface area contributed by atoms with Gasteiger partial charge in [-0.05, 0) is 35.9 Å². The van der Waals surface area contributed by atoms with Crippen molar-refractivity contribution >= 4 is 17.1 Å². The maximum absolute atomic E-state index is 11.8. The van der Waals surface area contributed by atoms with Gasteiger partial charge in [0.05, 0.1) is 29.7 Å². The molecular weight excluding hydrogens is 396 g/mol. The van der Waals surface area contributed by atoms with Gasteiger partial charge in [-0.15, -0.1) is 0 Å². The van der Waals surface area contributed by atoms with Gasteiger partial charge < -0.3 is 25.8 Å². The van der Waals surface area contributed by atoms with Crippen molar-refractivity contribution in [1.29, 1.82) is 0 Å². The molecule has 0 spiro atoms. The highest BCUT2D eigenvalue weighted by molar-refractivity contribution is 5.59. The molecule has 1 unspecified atom stereocenters. The van der Waals surface area contributed by atoms with Crippen molar-refractivity contribution < 1.29 is 14.4 Å². The lowest BCUT2D eigenvalue weighted by molar-refractivity contribution is -0.385. The van der Waals surface area contributed by atoms with E-state index < -0.39 is 11.0 Å². The Labute approximate surface area is 181 Å². The average Bonchev–Trinajstić information content (AvgIpc) is 2.81. The zero-order valence-corrected chi connectivity index (χ0v) is 17.5. The van der Waals surface area contributed by atoms with Gasteiger partial charge in [0, 0.05) is 25.0 Å². The van der Waals surface area contributed by atoms with Crippen LogP contribution in [0.5, 0.6) is 11.5 Å². The maximum atomic E-state index is 11.8. The molecule has 0 saturated carbocycles. The number of nitrogens with zero attached hydrogens (tertiary/aromatic N) is 1. The van der Waals surface area contributed by atoms with E-state index in [9.17, 15) is 10.1 Å². The molecule has 0 aliphatic rings. The van der Waals surface area contributed by atoms with Crippen LogP contribution in [0.15, 0.2) is 66.7 Å². The van der Waals surface area contributed by atoms with Crippen LogP contribution >= 0.6 is 0 Å². The summed E-state index contributed by atoms with van der Waals surface area (Å²) in [6, 6.07) is 19.7. The van der Waals surface area contributed by atoms with Gasteiger partial charge in [0.15, 0.2) is 11.5 Å². The summed E-state index contributed by atoms with van der Waals surface area (Å²) in [5, 5.41) is 18.2. The Kier molecular flexibility index (Phi) is 7.29. The predicted octanol–water partition coefficient (Wildman–Crippen LogP) is 4.34. The van der Waals surface area contributed by atoms with Crippen LogP contribution in [-0.4, -0.2) is 25.6 Å². The highest BCUT2D eigenvalue weighted by atomic mass is 16.6.